The summed E-state index contributed by atoms with van der Waals surface area (Å²) >= 11 is 6.46. The Bertz CT molecular complexity index is 1020. The minimum Gasteiger partial charge on any atom is -0.497 e. The molecule has 1 N–H and O–H groups in total. The van der Waals surface area contributed by atoms with Crippen LogP contribution in [0.15, 0.2) is 59.7 Å². The summed E-state index contributed by atoms with van der Waals surface area (Å²) in [4.78, 5) is 8.60. The molecule has 2 heterocycles. The van der Waals surface area contributed by atoms with Gasteiger partial charge in [-0.2, -0.15) is 5.10 Å². The fraction of sp³-hybridized carbons (Fsp3) is 0.150. The van der Waals surface area contributed by atoms with Crippen molar-refractivity contribution in [3.8, 4) is 5.75 Å². The Morgan fingerprint density at radius 1 is 1.12 bits per heavy atom. The number of aromatic nitrogens is 2. The second-order valence-electron chi connectivity index (χ2n) is 5.97. The molecule has 0 radical (unpaired) electrons. The van der Waals surface area contributed by atoms with Gasteiger partial charge in [0.25, 0.3) is 6.04 Å². The van der Waals surface area contributed by atoms with Gasteiger partial charge < -0.3 is 9.58 Å². The number of hydrogen-bond donors (Lipinski definition) is 1. The first-order valence-electron chi connectivity index (χ1n) is 8.10. The Morgan fingerprint density at radius 2 is 1.88 bits per heavy atom. The third kappa shape index (κ3) is 2.65. The smallest absolute Gasteiger partial charge is 0.276 e. The van der Waals surface area contributed by atoms with Crippen molar-refractivity contribution in [2.75, 3.05) is 7.11 Å². The summed E-state index contributed by atoms with van der Waals surface area (Å²) < 4.78 is 5.23. The van der Waals surface area contributed by atoms with E-state index < -0.39 is 6.04 Å². The average molecular weight is 363 g/mol. The number of hydrogen-bond acceptors (Lipinski definition) is 3. The van der Waals surface area contributed by atoms with Gasteiger partial charge in [-0.25, -0.2) is 11.6 Å². The van der Waals surface area contributed by atoms with Gasteiger partial charge in [0, 0.05) is 16.1 Å². The van der Waals surface area contributed by atoms with Crippen molar-refractivity contribution in [2.24, 2.45) is 4.99 Å². The molecule has 0 spiro atoms. The highest BCUT2D eigenvalue weighted by Crippen LogP contribution is 2.42. The van der Waals surface area contributed by atoms with E-state index in [1.165, 1.54) is 0 Å². The van der Waals surface area contributed by atoms with Gasteiger partial charge in [0.2, 0.25) is 0 Å². The number of nitrogens with zero attached hydrogens (tertiary/aromatic N) is 3. The number of fused-ring (bicyclic) bond motifs is 1. The first-order chi connectivity index (χ1) is 12.7. The van der Waals surface area contributed by atoms with Crippen molar-refractivity contribution in [1.82, 2.24) is 10.2 Å². The van der Waals surface area contributed by atoms with Crippen molar-refractivity contribution < 1.29 is 4.74 Å². The van der Waals surface area contributed by atoms with Gasteiger partial charge in [-0.15, -0.1) is 0 Å². The molecule has 2 atom stereocenters. The Kier molecular flexibility index (Phi) is 4.19. The maximum atomic E-state index is 7.85. The number of aromatic amines is 1. The van der Waals surface area contributed by atoms with Crippen LogP contribution in [0.3, 0.4) is 0 Å². The van der Waals surface area contributed by atoms with Gasteiger partial charge in [0.1, 0.15) is 11.5 Å². The predicted octanol–water partition coefficient (Wildman–Crippen LogP) is 4.63. The molecule has 3 aromatic rings. The standard InChI is InChI=1S/C20H15ClN4O/c1-22-19-17(14-5-3-4-6-16(14)21)15-11-23-25-20(15)24-18(19)12-7-9-13(26-2)10-8-12/h3-11,17,19H,2H3,(H,23,25). The zero-order valence-electron chi connectivity index (χ0n) is 14.0. The molecule has 128 valence electrons. The lowest BCUT2D eigenvalue weighted by Crippen LogP contribution is -2.29. The van der Waals surface area contributed by atoms with E-state index in [1.54, 1.807) is 13.3 Å². The Hall–Kier alpha value is -3.10. The fourth-order valence-electron chi connectivity index (χ4n) is 3.32. The molecule has 0 aliphatic carbocycles. The van der Waals surface area contributed by atoms with E-state index in [0.29, 0.717) is 16.6 Å². The highest BCUT2D eigenvalue weighted by Gasteiger charge is 2.41. The lowest BCUT2D eigenvalue weighted by atomic mass is 9.80. The molecule has 0 amide bonds. The molecule has 2 unspecified atom stereocenters. The molecule has 26 heavy (non-hydrogen) atoms. The van der Waals surface area contributed by atoms with E-state index in [1.807, 2.05) is 48.5 Å². The van der Waals surface area contributed by atoms with Gasteiger partial charge in [-0.3, -0.25) is 5.10 Å². The molecule has 0 saturated carbocycles. The maximum absolute atomic E-state index is 7.85. The average Bonchev–Trinajstić information content (AvgIpc) is 3.15. The molecule has 2 aromatic carbocycles. The number of ether oxygens (including phenoxy) is 1. The quantitative estimate of drug-likeness (QED) is 0.691. The van der Waals surface area contributed by atoms with E-state index in [4.69, 9.17) is 22.9 Å². The van der Waals surface area contributed by atoms with Gasteiger partial charge in [-0.05, 0) is 35.9 Å². The summed E-state index contributed by atoms with van der Waals surface area (Å²) in [6.07, 6.45) is 1.73. The number of methoxy groups -OCH3 is 1. The van der Waals surface area contributed by atoms with Crippen LogP contribution in [0.2, 0.25) is 5.02 Å². The maximum Gasteiger partial charge on any atom is 0.276 e. The van der Waals surface area contributed by atoms with Crippen molar-refractivity contribution in [1.29, 1.82) is 0 Å². The van der Waals surface area contributed by atoms with Crippen molar-refractivity contribution >= 4 is 23.1 Å². The van der Waals surface area contributed by atoms with Crippen LogP contribution in [0.4, 0.5) is 5.82 Å². The first-order valence-corrected chi connectivity index (χ1v) is 8.48. The Labute approximate surface area is 156 Å². The minimum atomic E-state index is -0.492. The van der Waals surface area contributed by atoms with Crippen LogP contribution in [0.25, 0.3) is 4.85 Å². The molecular formula is C20H15ClN4O. The zero-order chi connectivity index (χ0) is 18.1. The first kappa shape index (κ1) is 16.4. The molecular weight excluding hydrogens is 348 g/mol. The largest absolute Gasteiger partial charge is 0.497 e. The van der Waals surface area contributed by atoms with Crippen molar-refractivity contribution in [3.05, 3.63) is 87.9 Å². The molecule has 6 heteroatoms. The number of benzene rings is 2. The van der Waals surface area contributed by atoms with Gasteiger partial charge in [0.15, 0.2) is 5.82 Å². The van der Waals surface area contributed by atoms with E-state index in [2.05, 4.69) is 20.0 Å². The monoisotopic (exact) mass is 362 g/mol. The van der Waals surface area contributed by atoms with Crippen LogP contribution < -0.4 is 4.74 Å². The van der Waals surface area contributed by atoms with Crippen LogP contribution in [-0.4, -0.2) is 29.1 Å². The molecule has 1 aliphatic rings. The highest BCUT2D eigenvalue weighted by molar-refractivity contribution is 6.31. The van der Waals surface area contributed by atoms with Crippen LogP contribution >= 0.6 is 11.6 Å². The second-order valence-corrected chi connectivity index (χ2v) is 6.38. The number of H-pyrrole nitrogens is 1. The van der Waals surface area contributed by atoms with Crippen LogP contribution in [-0.2, 0) is 0 Å². The van der Waals surface area contributed by atoms with Crippen LogP contribution in [0.5, 0.6) is 5.75 Å². The summed E-state index contributed by atoms with van der Waals surface area (Å²) in [5.41, 5.74) is 3.36. The van der Waals surface area contributed by atoms with E-state index >= 15 is 0 Å². The number of aliphatic imine (C=N–C) groups is 1. The number of halogens is 1. The normalized spacial score (nSPS) is 18.6. The summed E-state index contributed by atoms with van der Waals surface area (Å²) in [6, 6.07) is 14.7. The summed E-state index contributed by atoms with van der Waals surface area (Å²) in [7, 11) is 1.62. The predicted molar refractivity (Wildman–Crippen MR) is 101 cm³/mol. The lowest BCUT2D eigenvalue weighted by molar-refractivity contribution is 0.415. The van der Waals surface area contributed by atoms with Crippen molar-refractivity contribution in [3.63, 3.8) is 0 Å². The molecule has 4 rings (SSSR count). The third-order valence-electron chi connectivity index (χ3n) is 4.58. The molecule has 5 nitrogen and oxygen atoms in total. The van der Waals surface area contributed by atoms with Gasteiger partial charge in [0.05, 0.1) is 19.2 Å². The fourth-order valence-corrected chi connectivity index (χ4v) is 3.57. The number of rotatable bonds is 3. The van der Waals surface area contributed by atoms with Gasteiger partial charge in [-0.1, -0.05) is 29.8 Å². The number of nitrogens with one attached hydrogen (secondary N) is 1. The lowest BCUT2D eigenvalue weighted by Gasteiger charge is -2.24. The van der Waals surface area contributed by atoms with E-state index in [0.717, 1.165) is 22.4 Å². The molecule has 0 bridgehead atoms. The van der Waals surface area contributed by atoms with E-state index in [9.17, 15) is 0 Å². The minimum absolute atomic E-state index is 0.232. The van der Waals surface area contributed by atoms with Crippen LogP contribution in [0.1, 0.15) is 22.6 Å². The summed E-state index contributed by atoms with van der Waals surface area (Å²) in [6.45, 7) is 7.85. The molecule has 1 aromatic heterocycles. The summed E-state index contributed by atoms with van der Waals surface area (Å²) in [5.74, 6) is 1.19. The molecule has 0 fully saturated rings. The Balaban J connectivity index is 1.88. The van der Waals surface area contributed by atoms with Gasteiger partial charge >= 0.3 is 0 Å². The topological polar surface area (TPSA) is 54.6 Å². The highest BCUT2D eigenvalue weighted by atomic mass is 35.5. The Morgan fingerprint density at radius 3 is 2.58 bits per heavy atom. The zero-order valence-corrected chi connectivity index (χ0v) is 14.7. The summed E-state index contributed by atoms with van der Waals surface area (Å²) in [5, 5.41) is 7.70. The molecule has 1 aliphatic heterocycles. The SMILES string of the molecule is [C-]#[N+]C1C(c2ccc(OC)cc2)=Nc2[nH]ncc2C1c1ccccc1Cl. The third-order valence-corrected chi connectivity index (χ3v) is 4.92. The van der Waals surface area contributed by atoms with Crippen LogP contribution in [0, 0.1) is 6.57 Å². The van der Waals surface area contributed by atoms with E-state index in [-0.39, 0.29) is 5.92 Å². The molecule has 0 saturated heterocycles. The second kappa shape index (κ2) is 6.66. The van der Waals surface area contributed by atoms with Crippen molar-refractivity contribution in [2.45, 2.75) is 12.0 Å².